The molecule has 1 heterocycles. The van der Waals surface area contributed by atoms with E-state index in [0.29, 0.717) is 42.7 Å². The van der Waals surface area contributed by atoms with Gasteiger partial charge in [0.2, 0.25) is 5.88 Å². The van der Waals surface area contributed by atoms with Crippen LogP contribution in [0.3, 0.4) is 0 Å². The lowest BCUT2D eigenvalue weighted by atomic mass is 9.97. The van der Waals surface area contributed by atoms with Crippen LogP contribution < -0.4 is 21.0 Å². The van der Waals surface area contributed by atoms with Crippen molar-refractivity contribution in [2.75, 3.05) is 31.4 Å². The van der Waals surface area contributed by atoms with E-state index in [1.165, 1.54) is 6.07 Å². The van der Waals surface area contributed by atoms with Crippen LogP contribution in [0.4, 0.5) is 5.88 Å². The van der Waals surface area contributed by atoms with Gasteiger partial charge in [-0.1, -0.05) is 36.4 Å². The third-order valence-corrected chi connectivity index (χ3v) is 4.43. The van der Waals surface area contributed by atoms with Gasteiger partial charge >= 0.3 is 0 Å². The average molecular weight is 369 g/mol. The first kappa shape index (κ1) is 18.9. The summed E-state index contributed by atoms with van der Waals surface area (Å²) in [5.41, 5.74) is 2.53. The number of ether oxygens (including phenoxy) is 2. The maximum Gasteiger partial charge on any atom is 0.294 e. The fourth-order valence-corrected chi connectivity index (χ4v) is 3.13. The van der Waals surface area contributed by atoms with Crippen LogP contribution in [0.25, 0.3) is 11.6 Å². The molecule has 0 bridgehead atoms. The van der Waals surface area contributed by atoms with Crippen molar-refractivity contribution in [1.29, 1.82) is 0 Å². The van der Waals surface area contributed by atoms with E-state index in [2.05, 4.69) is 0 Å². The molecule has 142 valence electrons. The Bertz CT molecular complexity index is 949. The van der Waals surface area contributed by atoms with Gasteiger partial charge in [-0.3, -0.25) is 9.59 Å². The molecule has 0 spiro atoms. The summed E-state index contributed by atoms with van der Waals surface area (Å²) in [4.78, 5) is 25.0. The van der Waals surface area contributed by atoms with Crippen molar-refractivity contribution in [3.05, 3.63) is 62.8 Å². The Balaban J connectivity index is 2.09. The van der Waals surface area contributed by atoms with Crippen molar-refractivity contribution in [3.63, 3.8) is 0 Å². The molecule has 0 radical (unpaired) electrons. The standard InChI is InChI=1S/C21H23NO5/c1-2-25-12-11-22(14-26-15-23)20-13-19(24)18-10-6-9-17(21(18)27-20)16-7-4-3-5-8-16/h3-5,7-8,10,13,15H,2,6,9,11-12,14H2,1H3. The zero-order valence-corrected chi connectivity index (χ0v) is 15.3. The third kappa shape index (κ3) is 4.46. The molecule has 27 heavy (non-hydrogen) atoms. The van der Waals surface area contributed by atoms with Gasteiger partial charge in [0, 0.05) is 24.8 Å². The topological polar surface area (TPSA) is 69.0 Å². The van der Waals surface area contributed by atoms with Crippen molar-refractivity contribution >= 4 is 24.0 Å². The normalized spacial score (nSPS) is 12.9. The number of carbonyl (C=O) groups is 1. The molecule has 0 N–H and O–H groups in total. The zero-order valence-electron chi connectivity index (χ0n) is 15.3. The molecule has 0 aliphatic heterocycles. The first-order valence-corrected chi connectivity index (χ1v) is 9.05. The summed E-state index contributed by atoms with van der Waals surface area (Å²) in [7, 11) is 0. The van der Waals surface area contributed by atoms with E-state index in [0.717, 1.165) is 24.0 Å². The van der Waals surface area contributed by atoms with Crippen LogP contribution in [0.1, 0.15) is 25.3 Å². The number of hydrogen-bond acceptors (Lipinski definition) is 6. The fourth-order valence-electron chi connectivity index (χ4n) is 3.13. The summed E-state index contributed by atoms with van der Waals surface area (Å²) < 4.78 is 16.4. The predicted molar refractivity (Wildman–Crippen MR) is 103 cm³/mol. The smallest absolute Gasteiger partial charge is 0.294 e. The van der Waals surface area contributed by atoms with Crippen LogP contribution in [-0.4, -0.2) is 33.0 Å². The molecule has 6 heteroatoms. The highest BCUT2D eigenvalue weighted by molar-refractivity contribution is 5.66. The Labute approximate surface area is 157 Å². The second-order valence-electron chi connectivity index (χ2n) is 6.13. The first-order valence-electron chi connectivity index (χ1n) is 9.05. The molecule has 1 aliphatic rings. The Morgan fingerprint density at radius 3 is 2.81 bits per heavy atom. The van der Waals surface area contributed by atoms with Crippen LogP contribution in [0, 0.1) is 0 Å². The van der Waals surface area contributed by atoms with E-state index in [1.54, 1.807) is 4.90 Å². The van der Waals surface area contributed by atoms with E-state index < -0.39 is 0 Å². The second kappa shape index (κ2) is 9.19. The Morgan fingerprint density at radius 2 is 2.07 bits per heavy atom. The first-order chi connectivity index (χ1) is 13.2. The zero-order chi connectivity index (χ0) is 19.1. The van der Waals surface area contributed by atoms with Gasteiger partial charge in [0.05, 0.1) is 11.8 Å². The Morgan fingerprint density at radius 1 is 1.26 bits per heavy atom. The third-order valence-electron chi connectivity index (χ3n) is 4.43. The number of hydrogen-bond donors (Lipinski definition) is 0. The number of anilines is 1. The largest absolute Gasteiger partial charge is 0.446 e. The molecule has 0 saturated carbocycles. The van der Waals surface area contributed by atoms with Crippen molar-refractivity contribution in [2.24, 2.45) is 0 Å². The van der Waals surface area contributed by atoms with Crippen molar-refractivity contribution in [1.82, 2.24) is 0 Å². The Hall–Kier alpha value is -2.86. The molecule has 0 saturated heterocycles. The number of nitrogens with zero attached hydrogens (tertiary/aromatic N) is 1. The lowest BCUT2D eigenvalue weighted by Crippen LogP contribution is -2.43. The average Bonchev–Trinajstić information content (AvgIpc) is 2.71. The van der Waals surface area contributed by atoms with Crippen LogP contribution in [-0.2, 0) is 14.3 Å². The minimum absolute atomic E-state index is 0.0112. The van der Waals surface area contributed by atoms with E-state index in [1.807, 2.05) is 43.3 Å². The van der Waals surface area contributed by atoms with Gasteiger partial charge in [-0.2, -0.15) is 0 Å². The van der Waals surface area contributed by atoms with Crippen LogP contribution in [0.2, 0.25) is 0 Å². The highest BCUT2D eigenvalue weighted by Crippen LogP contribution is 2.19. The van der Waals surface area contributed by atoms with E-state index in [-0.39, 0.29) is 12.2 Å². The Kier molecular flexibility index (Phi) is 6.44. The van der Waals surface area contributed by atoms with Crippen LogP contribution in [0.5, 0.6) is 0 Å². The van der Waals surface area contributed by atoms with Crippen molar-refractivity contribution in [3.8, 4) is 0 Å². The summed E-state index contributed by atoms with van der Waals surface area (Å²) in [5.74, 6) is 0.365. The maximum absolute atomic E-state index is 12.7. The van der Waals surface area contributed by atoms with Gasteiger partial charge in [-0.05, 0) is 25.3 Å². The minimum atomic E-state index is -0.105. The van der Waals surface area contributed by atoms with Gasteiger partial charge < -0.3 is 18.8 Å². The summed E-state index contributed by atoms with van der Waals surface area (Å²) in [5, 5.41) is 0.588. The van der Waals surface area contributed by atoms with Crippen LogP contribution in [0.15, 0.2) is 45.6 Å². The van der Waals surface area contributed by atoms with E-state index in [9.17, 15) is 9.59 Å². The van der Waals surface area contributed by atoms with Crippen molar-refractivity contribution in [2.45, 2.75) is 19.8 Å². The van der Waals surface area contributed by atoms with Gasteiger partial charge in [0.1, 0.15) is 5.42 Å². The summed E-state index contributed by atoms with van der Waals surface area (Å²) >= 11 is 0. The fraction of sp³-hybridized carbons (Fsp3) is 0.333. The second-order valence-corrected chi connectivity index (χ2v) is 6.13. The molecule has 1 aliphatic carbocycles. The van der Waals surface area contributed by atoms with Gasteiger partial charge in [-0.25, -0.2) is 0 Å². The van der Waals surface area contributed by atoms with E-state index in [4.69, 9.17) is 13.9 Å². The highest BCUT2D eigenvalue weighted by atomic mass is 16.5. The molecule has 0 fully saturated rings. The van der Waals surface area contributed by atoms with Gasteiger partial charge in [-0.15, -0.1) is 0 Å². The molecular formula is C21H23NO5. The lowest BCUT2D eigenvalue weighted by molar-refractivity contribution is -0.128. The van der Waals surface area contributed by atoms with Crippen molar-refractivity contribution < 1.29 is 18.7 Å². The molecule has 1 aromatic heterocycles. The monoisotopic (exact) mass is 369 g/mol. The molecule has 0 atom stereocenters. The minimum Gasteiger partial charge on any atom is -0.446 e. The molecule has 0 amide bonds. The van der Waals surface area contributed by atoms with Gasteiger partial charge in [0.15, 0.2) is 12.2 Å². The SMILES string of the molecule is CCOCCN(COC=O)c1cc(=O)c2c(o1)=C(c1ccccc1)CCC=2. The summed E-state index contributed by atoms with van der Waals surface area (Å²) in [6.45, 7) is 3.72. The molecular weight excluding hydrogens is 346 g/mol. The quantitative estimate of drug-likeness (QED) is 0.378. The van der Waals surface area contributed by atoms with Gasteiger partial charge in [0.25, 0.3) is 6.47 Å². The molecule has 6 nitrogen and oxygen atoms in total. The number of rotatable bonds is 9. The predicted octanol–water partition coefficient (Wildman–Crippen LogP) is 1.39. The number of fused-ring (bicyclic) bond motifs is 1. The summed E-state index contributed by atoms with van der Waals surface area (Å²) in [6.07, 6.45) is 3.51. The van der Waals surface area contributed by atoms with E-state index >= 15 is 0 Å². The maximum atomic E-state index is 12.7. The molecule has 1 aromatic carbocycles. The molecule has 2 aromatic rings. The molecule has 0 unspecified atom stereocenters. The molecule has 3 rings (SSSR count). The van der Waals surface area contributed by atoms with Crippen LogP contribution >= 0.6 is 0 Å². The number of benzene rings is 1. The highest BCUT2D eigenvalue weighted by Gasteiger charge is 2.16. The lowest BCUT2D eigenvalue weighted by Gasteiger charge is -2.22. The number of carbonyl (C=O) groups excluding carboxylic acids is 1. The summed E-state index contributed by atoms with van der Waals surface area (Å²) in [6, 6.07) is 11.4.